The van der Waals surface area contributed by atoms with Gasteiger partial charge in [-0.3, -0.25) is 9.69 Å². The normalized spacial score (nSPS) is 24.8. The summed E-state index contributed by atoms with van der Waals surface area (Å²) in [4.78, 5) is 16.1. The Bertz CT molecular complexity index is 640. The van der Waals surface area contributed by atoms with E-state index < -0.39 is 0 Å². The van der Waals surface area contributed by atoms with Crippen LogP contribution in [0.3, 0.4) is 0 Å². The Morgan fingerprint density at radius 1 is 1.30 bits per heavy atom. The molecule has 0 saturated carbocycles. The zero-order chi connectivity index (χ0) is 16.4. The average molecular weight is 315 g/mol. The van der Waals surface area contributed by atoms with E-state index >= 15 is 0 Å². The van der Waals surface area contributed by atoms with Crippen LogP contribution in [0.2, 0.25) is 0 Å². The lowest BCUT2D eigenvalue weighted by atomic mass is 10.0. The van der Waals surface area contributed by atoms with E-state index in [0.29, 0.717) is 23.7 Å². The van der Waals surface area contributed by atoms with Gasteiger partial charge in [-0.15, -0.1) is 0 Å². The van der Waals surface area contributed by atoms with Crippen LogP contribution < -0.4 is 0 Å². The van der Waals surface area contributed by atoms with E-state index in [4.69, 9.17) is 5.26 Å². The van der Waals surface area contributed by atoms with E-state index in [1.165, 1.54) is 12.1 Å². The highest BCUT2D eigenvalue weighted by Crippen LogP contribution is 2.31. The summed E-state index contributed by atoms with van der Waals surface area (Å²) in [6, 6.07) is 7.14. The number of amides is 1. The maximum absolute atomic E-state index is 14.1. The van der Waals surface area contributed by atoms with Crippen molar-refractivity contribution in [1.82, 2.24) is 9.80 Å². The Labute approximate surface area is 136 Å². The summed E-state index contributed by atoms with van der Waals surface area (Å²) in [5.74, 6) is -0.124. The zero-order valence-electron chi connectivity index (χ0n) is 13.5. The molecule has 23 heavy (non-hydrogen) atoms. The highest BCUT2D eigenvalue weighted by Gasteiger charge is 2.38. The zero-order valence-corrected chi connectivity index (χ0v) is 13.5. The van der Waals surface area contributed by atoms with Gasteiger partial charge in [0.2, 0.25) is 5.91 Å². The van der Waals surface area contributed by atoms with Gasteiger partial charge in [-0.2, -0.15) is 5.26 Å². The Kier molecular flexibility index (Phi) is 4.63. The SMILES string of the molecule is CC(=O)N1CCC[C@H]1[C@H]1CCCN1Cc1cc(C#N)ccc1F. The van der Waals surface area contributed by atoms with Gasteiger partial charge in [0, 0.05) is 37.7 Å². The lowest BCUT2D eigenvalue weighted by Gasteiger charge is -2.34. The number of likely N-dealkylation sites (tertiary alicyclic amines) is 2. The lowest BCUT2D eigenvalue weighted by molar-refractivity contribution is -0.130. The summed E-state index contributed by atoms with van der Waals surface area (Å²) in [6.45, 7) is 3.90. The van der Waals surface area contributed by atoms with Gasteiger partial charge < -0.3 is 4.90 Å². The van der Waals surface area contributed by atoms with Crippen molar-refractivity contribution in [1.29, 1.82) is 5.26 Å². The number of nitriles is 1. The number of carbonyl (C=O) groups excluding carboxylic acids is 1. The fraction of sp³-hybridized carbons (Fsp3) is 0.556. The van der Waals surface area contributed by atoms with Crippen LogP contribution in [0.4, 0.5) is 4.39 Å². The molecule has 0 bridgehead atoms. The van der Waals surface area contributed by atoms with E-state index in [9.17, 15) is 9.18 Å². The second kappa shape index (κ2) is 6.67. The molecule has 0 radical (unpaired) electrons. The first kappa shape index (κ1) is 15.9. The molecule has 3 rings (SSSR count). The van der Waals surface area contributed by atoms with Crippen LogP contribution in [0, 0.1) is 17.1 Å². The highest BCUT2D eigenvalue weighted by atomic mass is 19.1. The fourth-order valence-electron chi connectivity index (χ4n) is 4.05. The van der Waals surface area contributed by atoms with Gasteiger partial charge in [-0.05, 0) is 50.4 Å². The molecule has 2 aliphatic heterocycles. The maximum Gasteiger partial charge on any atom is 0.219 e. The first-order valence-corrected chi connectivity index (χ1v) is 8.30. The van der Waals surface area contributed by atoms with Crippen LogP contribution in [0.15, 0.2) is 18.2 Å². The molecule has 2 saturated heterocycles. The topological polar surface area (TPSA) is 47.3 Å². The summed E-state index contributed by atoms with van der Waals surface area (Å²) < 4.78 is 14.1. The van der Waals surface area contributed by atoms with Crippen molar-refractivity contribution in [3.8, 4) is 6.07 Å². The predicted molar refractivity (Wildman–Crippen MR) is 85.0 cm³/mol. The van der Waals surface area contributed by atoms with Gasteiger partial charge in [0.05, 0.1) is 11.6 Å². The van der Waals surface area contributed by atoms with E-state index in [1.54, 1.807) is 13.0 Å². The number of rotatable bonds is 3. The molecule has 2 fully saturated rings. The van der Waals surface area contributed by atoms with Crippen molar-refractivity contribution in [2.75, 3.05) is 13.1 Å². The monoisotopic (exact) mass is 315 g/mol. The molecule has 2 heterocycles. The molecule has 122 valence electrons. The van der Waals surface area contributed by atoms with Crippen LogP contribution >= 0.6 is 0 Å². The number of halogens is 1. The van der Waals surface area contributed by atoms with Gasteiger partial charge in [-0.1, -0.05) is 0 Å². The molecule has 1 aromatic carbocycles. The fourth-order valence-corrected chi connectivity index (χ4v) is 4.05. The quantitative estimate of drug-likeness (QED) is 0.861. The molecule has 1 aromatic rings. The largest absolute Gasteiger partial charge is 0.338 e. The van der Waals surface area contributed by atoms with Crippen molar-refractivity contribution in [3.63, 3.8) is 0 Å². The summed E-state index contributed by atoms with van der Waals surface area (Å²) in [7, 11) is 0. The lowest BCUT2D eigenvalue weighted by Crippen LogP contribution is -2.47. The molecule has 0 aromatic heterocycles. The number of carbonyl (C=O) groups is 1. The van der Waals surface area contributed by atoms with Crippen LogP contribution in [-0.4, -0.2) is 40.9 Å². The summed E-state index contributed by atoms with van der Waals surface area (Å²) in [5.41, 5.74) is 1.06. The molecule has 0 aliphatic carbocycles. The van der Waals surface area contributed by atoms with Crippen molar-refractivity contribution >= 4 is 5.91 Å². The van der Waals surface area contributed by atoms with Gasteiger partial charge in [0.25, 0.3) is 0 Å². The molecule has 0 spiro atoms. The molecular formula is C18H22FN3O. The van der Waals surface area contributed by atoms with Crippen LogP contribution in [-0.2, 0) is 11.3 Å². The van der Waals surface area contributed by atoms with Gasteiger partial charge >= 0.3 is 0 Å². The Balaban J connectivity index is 1.77. The minimum atomic E-state index is -0.260. The predicted octanol–water partition coefficient (Wildman–Crippen LogP) is 2.67. The van der Waals surface area contributed by atoms with Crippen molar-refractivity contribution in [2.24, 2.45) is 0 Å². The molecule has 0 unspecified atom stereocenters. The molecule has 5 heteroatoms. The number of hydrogen-bond acceptors (Lipinski definition) is 3. The first-order chi connectivity index (χ1) is 11.1. The van der Waals surface area contributed by atoms with Crippen molar-refractivity contribution in [3.05, 3.63) is 35.1 Å². The first-order valence-electron chi connectivity index (χ1n) is 8.30. The summed E-state index contributed by atoms with van der Waals surface area (Å²) in [5, 5.41) is 9.00. The Morgan fingerprint density at radius 3 is 2.78 bits per heavy atom. The van der Waals surface area contributed by atoms with E-state index in [-0.39, 0.29) is 17.8 Å². The number of hydrogen-bond donors (Lipinski definition) is 0. The van der Waals surface area contributed by atoms with E-state index in [1.807, 2.05) is 4.90 Å². The third-order valence-corrected chi connectivity index (χ3v) is 5.11. The maximum atomic E-state index is 14.1. The second-order valence-corrected chi connectivity index (χ2v) is 6.52. The van der Waals surface area contributed by atoms with Gasteiger partial charge in [0.15, 0.2) is 0 Å². The molecule has 4 nitrogen and oxygen atoms in total. The van der Waals surface area contributed by atoms with E-state index in [0.717, 1.165) is 38.8 Å². The molecule has 1 amide bonds. The van der Waals surface area contributed by atoms with Crippen LogP contribution in [0.25, 0.3) is 0 Å². The average Bonchev–Trinajstić information content (AvgIpc) is 3.17. The Morgan fingerprint density at radius 2 is 2.04 bits per heavy atom. The smallest absolute Gasteiger partial charge is 0.219 e. The van der Waals surface area contributed by atoms with Gasteiger partial charge in [0.1, 0.15) is 5.82 Å². The standard InChI is InChI=1S/C18H22FN3O/c1-13(23)22-9-3-5-18(22)17-4-2-8-21(17)12-15-10-14(11-20)6-7-16(15)19/h6-7,10,17-18H,2-5,8-9,12H2,1H3/t17-,18+/m1/s1. The Hall–Kier alpha value is -1.93. The second-order valence-electron chi connectivity index (χ2n) is 6.52. The van der Waals surface area contributed by atoms with Crippen molar-refractivity contribution in [2.45, 2.75) is 51.2 Å². The third-order valence-electron chi connectivity index (χ3n) is 5.11. The minimum Gasteiger partial charge on any atom is -0.338 e. The summed E-state index contributed by atoms with van der Waals surface area (Å²) in [6.07, 6.45) is 4.20. The number of nitrogens with zero attached hydrogens (tertiary/aromatic N) is 3. The van der Waals surface area contributed by atoms with E-state index in [2.05, 4.69) is 11.0 Å². The third kappa shape index (κ3) is 3.23. The minimum absolute atomic E-state index is 0.136. The molecule has 2 aliphatic rings. The van der Waals surface area contributed by atoms with Crippen molar-refractivity contribution < 1.29 is 9.18 Å². The molecule has 0 N–H and O–H groups in total. The van der Waals surface area contributed by atoms with Crippen LogP contribution in [0.1, 0.15) is 43.7 Å². The summed E-state index contributed by atoms with van der Waals surface area (Å²) >= 11 is 0. The molecular weight excluding hydrogens is 293 g/mol. The van der Waals surface area contributed by atoms with Crippen LogP contribution in [0.5, 0.6) is 0 Å². The molecule has 2 atom stereocenters. The number of benzene rings is 1. The highest BCUT2D eigenvalue weighted by molar-refractivity contribution is 5.74. The van der Waals surface area contributed by atoms with Gasteiger partial charge in [-0.25, -0.2) is 4.39 Å².